The van der Waals surface area contributed by atoms with Gasteiger partial charge in [0.25, 0.3) is 0 Å². The van der Waals surface area contributed by atoms with Crippen molar-refractivity contribution in [2.45, 2.75) is 23.8 Å². The van der Waals surface area contributed by atoms with E-state index in [0.29, 0.717) is 18.0 Å². The van der Waals surface area contributed by atoms with Gasteiger partial charge in [-0.3, -0.25) is 0 Å². The van der Waals surface area contributed by atoms with E-state index in [-0.39, 0.29) is 10.9 Å². The molecular formula is C16H19NO4S2. The van der Waals surface area contributed by atoms with Gasteiger partial charge in [-0.2, -0.15) is 4.31 Å². The minimum Gasteiger partial charge on any atom is -0.497 e. The van der Waals surface area contributed by atoms with Crippen LogP contribution in [0.15, 0.2) is 40.6 Å². The summed E-state index contributed by atoms with van der Waals surface area (Å²) in [6, 6.07) is 8.69. The van der Waals surface area contributed by atoms with E-state index in [4.69, 9.17) is 9.47 Å². The number of hydrogen-bond donors (Lipinski definition) is 0. The first-order valence-electron chi connectivity index (χ1n) is 7.35. The van der Waals surface area contributed by atoms with Gasteiger partial charge in [-0.15, -0.1) is 11.3 Å². The van der Waals surface area contributed by atoms with E-state index < -0.39 is 10.0 Å². The number of ether oxygens (including phenoxy) is 2. The summed E-state index contributed by atoms with van der Waals surface area (Å²) in [5.74, 6) is 0.832. The molecule has 0 spiro atoms. The van der Waals surface area contributed by atoms with Crippen LogP contribution in [0.3, 0.4) is 0 Å². The summed E-state index contributed by atoms with van der Waals surface area (Å²) in [4.78, 5) is 1.23. The highest BCUT2D eigenvalue weighted by Gasteiger charge is 2.38. The van der Waals surface area contributed by atoms with Crippen molar-refractivity contribution < 1.29 is 17.9 Å². The van der Waals surface area contributed by atoms with Gasteiger partial charge in [-0.05, 0) is 36.4 Å². The number of rotatable bonds is 5. The third-order valence-electron chi connectivity index (χ3n) is 4.03. The van der Waals surface area contributed by atoms with Crippen LogP contribution in [0.1, 0.15) is 23.8 Å². The molecule has 2 aromatic rings. The van der Waals surface area contributed by atoms with Crippen LogP contribution in [0, 0.1) is 0 Å². The van der Waals surface area contributed by atoms with Crippen molar-refractivity contribution in [3.05, 3.63) is 40.6 Å². The van der Waals surface area contributed by atoms with Crippen LogP contribution in [0.5, 0.6) is 11.5 Å². The van der Waals surface area contributed by atoms with Crippen molar-refractivity contribution in [2.75, 3.05) is 20.8 Å². The van der Waals surface area contributed by atoms with Crippen molar-refractivity contribution in [1.29, 1.82) is 0 Å². The number of sulfonamides is 1. The molecule has 2 heterocycles. The van der Waals surface area contributed by atoms with E-state index in [0.717, 1.165) is 17.7 Å². The first-order chi connectivity index (χ1) is 11.1. The highest BCUT2D eigenvalue weighted by molar-refractivity contribution is 7.89. The lowest BCUT2D eigenvalue weighted by molar-refractivity contribution is 0.377. The van der Waals surface area contributed by atoms with E-state index in [9.17, 15) is 8.42 Å². The molecule has 0 radical (unpaired) electrons. The molecule has 0 bridgehead atoms. The lowest BCUT2D eigenvalue weighted by Gasteiger charge is -2.24. The molecule has 3 rings (SSSR count). The highest BCUT2D eigenvalue weighted by Crippen LogP contribution is 2.40. The molecule has 0 aliphatic carbocycles. The fraction of sp³-hybridized carbons (Fsp3) is 0.375. The fourth-order valence-electron chi connectivity index (χ4n) is 2.90. The molecule has 1 aromatic heterocycles. The summed E-state index contributed by atoms with van der Waals surface area (Å²) in [6.45, 7) is 0.519. The lowest BCUT2D eigenvalue weighted by Crippen LogP contribution is -2.30. The summed E-state index contributed by atoms with van der Waals surface area (Å²) in [5, 5.41) is 1.98. The highest BCUT2D eigenvalue weighted by atomic mass is 32.2. The predicted molar refractivity (Wildman–Crippen MR) is 89.7 cm³/mol. The number of nitrogens with zero attached hydrogens (tertiary/aromatic N) is 1. The standard InChI is InChI=1S/C16H19NO4S2/c1-20-12-7-8-14(21-2)16(11-12)23(18,19)17-9-3-5-13(17)15-6-4-10-22-15/h4,6-8,10-11,13H,3,5,9H2,1-2H3/t13-/m1/s1. The molecule has 0 saturated carbocycles. The molecule has 1 fully saturated rings. The molecule has 1 aliphatic heterocycles. The summed E-state index contributed by atoms with van der Waals surface area (Å²) >= 11 is 1.59. The molecule has 0 unspecified atom stereocenters. The van der Waals surface area contributed by atoms with Crippen LogP contribution >= 0.6 is 11.3 Å². The third-order valence-corrected chi connectivity index (χ3v) is 6.94. The van der Waals surface area contributed by atoms with Crippen molar-refractivity contribution in [3.8, 4) is 11.5 Å². The maximum absolute atomic E-state index is 13.2. The van der Waals surface area contributed by atoms with Crippen LogP contribution in [0.4, 0.5) is 0 Å². The summed E-state index contributed by atoms with van der Waals surface area (Å²) in [7, 11) is -0.664. The lowest BCUT2D eigenvalue weighted by atomic mass is 10.2. The molecule has 5 nitrogen and oxygen atoms in total. The summed E-state index contributed by atoms with van der Waals surface area (Å²) < 4.78 is 38.4. The van der Waals surface area contributed by atoms with Gasteiger partial charge in [-0.1, -0.05) is 6.07 Å². The average molecular weight is 353 g/mol. The molecular weight excluding hydrogens is 334 g/mol. The van der Waals surface area contributed by atoms with E-state index in [1.54, 1.807) is 27.8 Å². The van der Waals surface area contributed by atoms with Gasteiger partial charge < -0.3 is 9.47 Å². The van der Waals surface area contributed by atoms with Gasteiger partial charge in [0.05, 0.1) is 20.3 Å². The SMILES string of the molecule is COc1ccc(OC)c(S(=O)(=O)N2CCC[C@@H]2c2cccs2)c1. The first kappa shape index (κ1) is 16.3. The second-order valence-electron chi connectivity index (χ2n) is 5.31. The Labute approximate surface area is 140 Å². The fourth-order valence-corrected chi connectivity index (χ4v) is 5.69. The molecule has 1 saturated heterocycles. The quantitative estimate of drug-likeness (QED) is 0.828. The van der Waals surface area contributed by atoms with Gasteiger partial charge in [0.1, 0.15) is 16.4 Å². The van der Waals surface area contributed by atoms with Gasteiger partial charge in [0.2, 0.25) is 10.0 Å². The number of hydrogen-bond acceptors (Lipinski definition) is 5. The number of thiophene rings is 1. The monoisotopic (exact) mass is 353 g/mol. The summed E-state index contributed by atoms with van der Waals surface area (Å²) in [6.07, 6.45) is 1.69. The topological polar surface area (TPSA) is 55.8 Å². The van der Waals surface area contributed by atoms with Crippen LogP contribution < -0.4 is 9.47 Å². The van der Waals surface area contributed by atoms with Gasteiger partial charge in [0.15, 0.2) is 0 Å². The number of benzene rings is 1. The van der Waals surface area contributed by atoms with Gasteiger partial charge >= 0.3 is 0 Å². The molecule has 1 aromatic carbocycles. The predicted octanol–water partition coefficient (Wildman–Crippen LogP) is 3.29. The van der Waals surface area contributed by atoms with Crippen LogP contribution in [0.2, 0.25) is 0 Å². The molecule has 124 valence electrons. The molecule has 0 amide bonds. The smallest absolute Gasteiger partial charge is 0.247 e. The average Bonchev–Trinajstić information content (AvgIpc) is 3.24. The Hall–Kier alpha value is -1.57. The minimum absolute atomic E-state index is 0.101. The van der Waals surface area contributed by atoms with E-state index >= 15 is 0 Å². The summed E-state index contributed by atoms with van der Waals surface area (Å²) in [5.41, 5.74) is 0. The Kier molecular flexibility index (Phi) is 4.61. The van der Waals surface area contributed by atoms with Crippen LogP contribution in [0.25, 0.3) is 0 Å². The van der Waals surface area contributed by atoms with Gasteiger partial charge in [-0.25, -0.2) is 8.42 Å². The minimum atomic E-state index is -3.65. The molecule has 7 heteroatoms. The first-order valence-corrected chi connectivity index (χ1v) is 9.67. The largest absolute Gasteiger partial charge is 0.497 e. The zero-order valence-corrected chi connectivity index (χ0v) is 14.7. The maximum Gasteiger partial charge on any atom is 0.247 e. The van der Waals surface area contributed by atoms with Crippen molar-refractivity contribution in [1.82, 2.24) is 4.31 Å². The Morgan fingerprint density at radius 1 is 1.22 bits per heavy atom. The molecule has 1 aliphatic rings. The van der Waals surface area contributed by atoms with Crippen LogP contribution in [-0.2, 0) is 10.0 Å². The normalized spacial score (nSPS) is 19.0. The molecule has 23 heavy (non-hydrogen) atoms. The van der Waals surface area contributed by atoms with E-state index in [1.807, 2.05) is 17.5 Å². The second kappa shape index (κ2) is 6.51. The Morgan fingerprint density at radius 3 is 2.70 bits per heavy atom. The van der Waals surface area contributed by atoms with Gasteiger partial charge in [0, 0.05) is 17.5 Å². The zero-order chi connectivity index (χ0) is 16.4. The Balaban J connectivity index is 2.04. The zero-order valence-electron chi connectivity index (χ0n) is 13.1. The third kappa shape index (κ3) is 2.96. The van der Waals surface area contributed by atoms with Crippen molar-refractivity contribution >= 4 is 21.4 Å². The van der Waals surface area contributed by atoms with Crippen LogP contribution in [-0.4, -0.2) is 33.5 Å². The Bertz CT molecular complexity index is 771. The second-order valence-corrected chi connectivity index (χ2v) is 8.14. The maximum atomic E-state index is 13.2. The van der Waals surface area contributed by atoms with Crippen molar-refractivity contribution in [2.24, 2.45) is 0 Å². The Morgan fingerprint density at radius 2 is 2.04 bits per heavy atom. The van der Waals surface area contributed by atoms with E-state index in [2.05, 4.69) is 0 Å². The molecule has 0 N–H and O–H groups in total. The van der Waals surface area contributed by atoms with Crippen molar-refractivity contribution in [3.63, 3.8) is 0 Å². The molecule has 1 atom stereocenters. The number of methoxy groups -OCH3 is 2. The van der Waals surface area contributed by atoms with E-state index in [1.165, 1.54) is 20.3 Å².